The number of hydrazine groups is 1. The molecule has 0 fully saturated rings. The van der Waals surface area contributed by atoms with Crippen LogP contribution >= 0.6 is 0 Å². The summed E-state index contributed by atoms with van der Waals surface area (Å²) < 4.78 is 11.2. The number of benzene rings is 2. The van der Waals surface area contributed by atoms with E-state index < -0.39 is 19.1 Å². The Labute approximate surface area is 225 Å². The second-order valence-electron chi connectivity index (χ2n) is 11.2. The van der Waals surface area contributed by atoms with Gasteiger partial charge in [0.05, 0.1) is 12.6 Å². The lowest BCUT2D eigenvalue weighted by Crippen LogP contribution is -2.57. The van der Waals surface area contributed by atoms with E-state index in [9.17, 15) is 14.6 Å². The maximum absolute atomic E-state index is 14.1. The molecule has 1 atom stereocenters. The summed E-state index contributed by atoms with van der Waals surface area (Å²) in [6, 6.07) is 8.57. The van der Waals surface area contributed by atoms with Crippen molar-refractivity contribution in [3.8, 4) is 5.75 Å². The SMILES string of the molecule is Cc1cc(C)cc(C(=O)N(NC(=O)c2ccc3c(c2C)OCCOB3O)C(C2=CCCC=C2)C(C)(C)C)c1. The van der Waals surface area contributed by atoms with Gasteiger partial charge in [-0.15, -0.1) is 0 Å². The molecule has 2 amide bonds. The van der Waals surface area contributed by atoms with Gasteiger partial charge in [0.15, 0.2) is 0 Å². The van der Waals surface area contributed by atoms with Crippen LogP contribution < -0.4 is 15.6 Å². The zero-order valence-corrected chi connectivity index (χ0v) is 23.1. The third-order valence-corrected chi connectivity index (χ3v) is 6.88. The molecule has 1 aliphatic carbocycles. The molecular weight excluding hydrogens is 479 g/mol. The van der Waals surface area contributed by atoms with Gasteiger partial charge in [0, 0.05) is 22.2 Å². The number of fused-ring (bicyclic) bond motifs is 1. The number of nitrogens with zero attached hydrogens (tertiary/aromatic N) is 1. The van der Waals surface area contributed by atoms with Gasteiger partial charge in [-0.2, -0.15) is 0 Å². The summed E-state index contributed by atoms with van der Waals surface area (Å²) in [7, 11) is -1.12. The summed E-state index contributed by atoms with van der Waals surface area (Å²) in [6.45, 7) is 12.4. The molecule has 2 aromatic rings. The standard InChI is InChI=1S/C30H37BN2O5/c1-19-16-20(2)18-23(17-19)29(35)33(27(30(4,5)6)22-10-8-7-9-11-22)32-28(34)24-12-13-25-26(21(24)3)37-14-15-38-31(25)36/h8,10-13,16-18,27,36H,7,9,14-15H2,1-6H3,(H,32,34). The largest absolute Gasteiger partial charge is 0.495 e. The van der Waals surface area contributed by atoms with Crippen molar-refractivity contribution in [2.45, 2.75) is 60.4 Å². The van der Waals surface area contributed by atoms with Gasteiger partial charge in [-0.05, 0) is 62.8 Å². The van der Waals surface area contributed by atoms with Crippen molar-refractivity contribution in [3.63, 3.8) is 0 Å². The van der Waals surface area contributed by atoms with Crippen LogP contribution in [0.2, 0.25) is 0 Å². The van der Waals surface area contributed by atoms with Crippen LogP contribution in [0.25, 0.3) is 0 Å². The van der Waals surface area contributed by atoms with Crippen molar-refractivity contribution >= 4 is 24.4 Å². The Kier molecular flexibility index (Phi) is 8.14. The molecule has 1 heterocycles. The minimum atomic E-state index is -1.12. The minimum Gasteiger partial charge on any atom is -0.491 e. The predicted molar refractivity (Wildman–Crippen MR) is 149 cm³/mol. The molecule has 2 aromatic carbocycles. The summed E-state index contributed by atoms with van der Waals surface area (Å²) in [5.41, 5.74) is 7.45. The highest BCUT2D eigenvalue weighted by Gasteiger charge is 2.38. The fourth-order valence-electron chi connectivity index (χ4n) is 5.25. The molecule has 0 saturated carbocycles. The molecule has 0 aromatic heterocycles. The maximum Gasteiger partial charge on any atom is 0.495 e. The van der Waals surface area contributed by atoms with Gasteiger partial charge in [-0.3, -0.25) is 15.0 Å². The van der Waals surface area contributed by atoms with E-state index in [0.717, 1.165) is 29.5 Å². The molecule has 38 heavy (non-hydrogen) atoms. The van der Waals surface area contributed by atoms with Gasteiger partial charge < -0.3 is 14.4 Å². The summed E-state index contributed by atoms with van der Waals surface area (Å²) in [6.07, 6.45) is 8.13. The minimum absolute atomic E-state index is 0.241. The molecule has 2 N–H and O–H groups in total. The Bertz CT molecular complexity index is 1270. The first kappa shape index (κ1) is 27.7. The van der Waals surface area contributed by atoms with E-state index in [0.29, 0.717) is 27.9 Å². The number of aryl methyl sites for hydroxylation is 2. The van der Waals surface area contributed by atoms with Gasteiger partial charge in [0.25, 0.3) is 11.8 Å². The second kappa shape index (κ2) is 11.2. The van der Waals surface area contributed by atoms with Gasteiger partial charge in [-0.25, -0.2) is 5.01 Å². The van der Waals surface area contributed by atoms with E-state index in [-0.39, 0.29) is 24.5 Å². The molecule has 8 heteroatoms. The molecule has 0 spiro atoms. The van der Waals surface area contributed by atoms with Crippen LogP contribution in [0.15, 0.2) is 54.1 Å². The summed E-state index contributed by atoms with van der Waals surface area (Å²) in [5.74, 6) is -0.279. The van der Waals surface area contributed by atoms with Gasteiger partial charge >= 0.3 is 7.12 Å². The number of ether oxygens (including phenoxy) is 1. The Morgan fingerprint density at radius 3 is 2.39 bits per heavy atom. The fraction of sp³-hybridized carbons (Fsp3) is 0.400. The molecule has 2 aliphatic rings. The quantitative estimate of drug-likeness (QED) is 0.470. The number of hydrogen-bond donors (Lipinski definition) is 2. The molecule has 0 saturated heterocycles. The average Bonchev–Trinajstić information content (AvgIpc) is 3.04. The number of nitrogens with one attached hydrogen (secondary N) is 1. The van der Waals surface area contributed by atoms with Crippen LogP contribution in [0.4, 0.5) is 0 Å². The first-order valence-electron chi connectivity index (χ1n) is 13.1. The molecule has 0 bridgehead atoms. The van der Waals surface area contributed by atoms with Crippen LogP contribution in [-0.2, 0) is 4.65 Å². The molecule has 4 rings (SSSR count). The van der Waals surface area contributed by atoms with E-state index in [1.807, 2.05) is 32.0 Å². The van der Waals surface area contributed by atoms with Crippen molar-refractivity contribution in [2.24, 2.45) is 5.41 Å². The van der Waals surface area contributed by atoms with E-state index in [1.165, 1.54) is 5.01 Å². The topological polar surface area (TPSA) is 88.1 Å². The Morgan fingerprint density at radius 2 is 1.76 bits per heavy atom. The van der Waals surface area contributed by atoms with Gasteiger partial charge in [-0.1, -0.05) is 62.3 Å². The molecule has 200 valence electrons. The first-order valence-corrected chi connectivity index (χ1v) is 13.1. The zero-order chi connectivity index (χ0) is 27.6. The lowest BCUT2D eigenvalue weighted by molar-refractivity contribution is 0.0377. The second-order valence-corrected chi connectivity index (χ2v) is 11.2. The zero-order valence-electron chi connectivity index (χ0n) is 23.1. The van der Waals surface area contributed by atoms with Crippen LogP contribution in [0.5, 0.6) is 5.75 Å². The predicted octanol–water partition coefficient (Wildman–Crippen LogP) is 4.19. The summed E-state index contributed by atoms with van der Waals surface area (Å²) >= 11 is 0. The van der Waals surface area contributed by atoms with E-state index in [4.69, 9.17) is 9.39 Å². The van der Waals surface area contributed by atoms with Crippen LogP contribution in [-0.4, -0.2) is 48.2 Å². The monoisotopic (exact) mass is 516 g/mol. The molecule has 0 radical (unpaired) electrons. The molecular formula is C30H37BN2O5. The molecule has 1 aliphatic heterocycles. The van der Waals surface area contributed by atoms with E-state index in [1.54, 1.807) is 19.1 Å². The number of rotatable bonds is 4. The van der Waals surface area contributed by atoms with Crippen molar-refractivity contribution in [2.75, 3.05) is 13.2 Å². The Hall–Kier alpha value is -3.36. The highest BCUT2D eigenvalue weighted by molar-refractivity contribution is 6.61. The molecule has 7 nitrogen and oxygen atoms in total. The lowest BCUT2D eigenvalue weighted by Gasteiger charge is -2.41. The van der Waals surface area contributed by atoms with Crippen LogP contribution in [0.3, 0.4) is 0 Å². The van der Waals surface area contributed by atoms with Crippen molar-refractivity contribution in [1.82, 2.24) is 10.4 Å². The highest BCUT2D eigenvalue weighted by atomic mass is 16.6. The summed E-state index contributed by atoms with van der Waals surface area (Å²) in [4.78, 5) is 28.0. The highest BCUT2D eigenvalue weighted by Crippen LogP contribution is 2.33. The van der Waals surface area contributed by atoms with E-state index >= 15 is 0 Å². The maximum atomic E-state index is 14.1. The van der Waals surface area contributed by atoms with Gasteiger partial charge in [0.1, 0.15) is 12.4 Å². The Balaban J connectivity index is 1.78. The third-order valence-electron chi connectivity index (χ3n) is 6.88. The lowest BCUT2D eigenvalue weighted by atomic mass is 9.77. The number of hydrogen-bond acceptors (Lipinski definition) is 5. The summed E-state index contributed by atoms with van der Waals surface area (Å²) in [5, 5.41) is 11.8. The van der Waals surface area contributed by atoms with Gasteiger partial charge in [0.2, 0.25) is 0 Å². The fourth-order valence-corrected chi connectivity index (χ4v) is 5.25. The average molecular weight is 516 g/mol. The van der Waals surface area contributed by atoms with Crippen molar-refractivity contribution in [1.29, 1.82) is 0 Å². The number of carbonyl (C=O) groups is 2. The van der Waals surface area contributed by atoms with Crippen molar-refractivity contribution < 1.29 is 24.0 Å². The van der Waals surface area contributed by atoms with E-state index in [2.05, 4.69) is 44.4 Å². The number of amides is 2. The van der Waals surface area contributed by atoms with Crippen LogP contribution in [0, 0.1) is 26.2 Å². The molecule has 1 unspecified atom stereocenters. The Morgan fingerprint density at radius 1 is 1.05 bits per heavy atom. The first-order chi connectivity index (χ1) is 18.0. The van der Waals surface area contributed by atoms with Crippen LogP contribution in [0.1, 0.15) is 71.0 Å². The smallest absolute Gasteiger partial charge is 0.491 e. The number of carbonyl (C=O) groups excluding carboxylic acids is 2. The number of allylic oxidation sites excluding steroid dienone is 2. The normalized spacial score (nSPS) is 16.1. The van der Waals surface area contributed by atoms with Crippen molar-refractivity contribution in [3.05, 3.63) is 82.0 Å². The third kappa shape index (κ3) is 5.87.